The smallest absolute Gasteiger partial charge is 0.179 e. The molecular weight excluding hydrogens is 278 g/mol. The lowest BCUT2D eigenvalue weighted by atomic mass is 10.1. The molecule has 104 valence electrons. The summed E-state index contributed by atoms with van der Waals surface area (Å²) in [5.74, 6) is 2.59. The summed E-state index contributed by atoms with van der Waals surface area (Å²) in [6.07, 6.45) is 0. The Hall–Kier alpha value is -2.01. The minimum atomic E-state index is 0.508. The van der Waals surface area contributed by atoms with Gasteiger partial charge in [-0.2, -0.15) is 0 Å². The molecule has 0 radical (unpaired) electrons. The molecule has 0 amide bonds. The quantitative estimate of drug-likeness (QED) is 0.922. The number of aromatic nitrogens is 2. The number of nitrogens with zero attached hydrogens (tertiary/aromatic N) is 2. The van der Waals surface area contributed by atoms with Crippen LogP contribution in [0.15, 0.2) is 18.2 Å². The molecule has 0 aliphatic carbocycles. The molecule has 0 saturated heterocycles. The highest BCUT2D eigenvalue weighted by molar-refractivity contribution is 6.32. The molecule has 1 aliphatic rings. The summed E-state index contributed by atoms with van der Waals surface area (Å²) in [6, 6.07) is 5.53. The summed E-state index contributed by atoms with van der Waals surface area (Å²) < 4.78 is 11.1. The van der Waals surface area contributed by atoms with Crippen LogP contribution >= 0.6 is 11.6 Å². The monoisotopic (exact) mass is 291 g/mol. The van der Waals surface area contributed by atoms with Crippen molar-refractivity contribution in [1.82, 2.24) is 9.97 Å². The van der Waals surface area contributed by atoms with Crippen LogP contribution in [-0.4, -0.2) is 30.2 Å². The van der Waals surface area contributed by atoms with Gasteiger partial charge in [0.2, 0.25) is 0 Å². The van der Waals surface area contributed by atoms with Gasteiger partial charge < -0.3 is 14.8 Å². The zero-order valence-corrected chi connectivity index (χ0v) is 12.0. The van der Waals surface area contributed by atoms with Crippen LogP contribution in [-0.2, 0) is 0 Å². The molecule has 1 aromatic carbocycles. The number of ether oxygens (including phenoxy) is 2. The number of anilines is 1. The van der Waals surface area contributed by atoms with Crippen LogP contribution in [0.1, 0.15) is 5.69 Å². The zero-order chi connectivity index (χ0) is 14.1. The second-order valence-corrected chi connectivity index (χ2v) is 4.86. The van der Waals surface area contributed by atoms with E-state index in [4.69, 9.17) is 21.1 Å². The molecule has 5 nitrogen and oxygen atoms in total. The largest absolute Gasteiger partial charge is 0.486 e. The maximum Gasteiger partial charge on any atom is 0.179 e. The first kappa shape index (κ1) is 13.0. The maximum absolute atomic E-state index is 6.23. The van der Waals surface area contributed by atoms with Gasteiger partial charge in [-0.1, -0.05) is 11.6 Å². The van der Waals surface area contributed by atoms with Crippen LogP contribution in [0.25, 0.3) is 11.4 Å². The second kappa shape index (κ2) is 5.17. The van der Waals surface area contributed by atoms with Crippen molar-refractivity contribution in [2.24, 2.45) is 0 Å². The van der Waals surface area contributed by atoms with Gasteiger partial charge >= 0.3 is 0 Å². The van der Waals surface area contributed by atoms with Crippen molar-refractivity contribution >= 4 is 17.4 Å². The van der Waals surface area contributed by atoms with E-state index in [9.17, 15) is 0 Å². The van der Waals surface area contributed by atoms with Gasteiger partial charge in [0.05, 0.1) is 5.02 Å². The molecule has 2 aromatic rings. The van der Waals surface area contributed by atoms with Crippen molar-refractivity contribution in [3.63, 3.8) is 0 Å². The number of nitrogens with one attached hydrogen (secondary N) is 1. The molecule has 0 bridgehead atoms. The van der Waals surface area contributed by atoms with Gasteiger partial charge in [-0.05, 0) is 19.1 Å². The van der Waals surface area contributed by atoms with E-state index in [1.54, 1.807) is 6.07 Å². The number of rotatable bonds is 2. The van der Waals surface area contributed by atoms with Crippen LogP contribution in [0, 0.1) is 6.92 Å². The topological polar surface area (TPSA) is 56.3 Å². The summed E-state index contributed by atoms with van der Waals surface area (Å²) >= 11 is 6.23. The molecule has 0 unspecified atom stereocenters. The van der Waals surface area contributed by atoms with Gasteiger partial charge in [-0.15, -0.1) is 0 Å². The summed E-state index contributed by atoms with van der Waals surface area (Å²) in [7, 11) is 1.82. The lowest BCUT2D eigenvalue weighted by Crippen LogP contribution is -2.15. The molecule has 20 heavy (non-hydrogen) atoms. The Bertz CT molecular complexity index is 661. The van der Waals surface area contributed by atoms with Crippen molar-refractivity contribution in [2.75, 3.05) is 25.6 Å². The number of fused-ring (bicyclic) bond motifs is 1. The van der Waals surface area contributed by atoms with E-state index < -0.39 is 0 Å². The highest BCUT2D eigenvalue weighted by atomic mass is 35.5. The Balaban J connectivity index is 2.10. The highest BCUT2D eigenvalue weighted by Crippen LogP contribution is 2.40. The molecule has 1 aliphatic heterocycles. The molecule has 2 heterocycles. The molecular formula is C14H14ClN3O2. The van der Waals surface area contributed by atoms with E-state index in [1.165, 1.54) is 0 Å². The fourth-order valence-electron chi connectivity index (χ4n) is 2.07. The number of hydrogen-bond donors (Lipinski definition) is 1. The molecule has 1 aromatic heterocycles. The predicted molar refractivity (Wildman–Crippen MR) is 77.8 cm³/mol. The van der Waals surface area contributed by atoms with Crippen LogP contribution in [0.4, 0.5) is 5.82 Å². The Morgan fingerprint density at radius 2 is 1.95 bits per heavy atom. The number of aryl methyl sites for hydroxylation is 1. The van der Waals surface area contributed by atoms with Crippen LogP contribution < -0.4 is 14.8 Å². The van der Waals surface area contributed by atoms with Crippen molar-refractivity contribution in [1.29, 1.82) is 0 Å². The van der Waals surface area contributed by atoms with Gasteiger partial charge in [0.15, 0.2) is 17.3 Å². The van der Waals surface area contributed by atoms with Gasteiger partial charge in [0.25, 0.3) is 0 Å². The maximum atomic E-state index is 6.23. The summed E-state index contributed by atoms with van der Waals surface area (Å²) in [6.45, 7) is 2.95. The lowest BCUT2D eigenvalue weighted by molar-refractivity contribution is 0.172. The molecule has 0 atom stereocenters. The van der Waals surface area contributed by atoms with Gasteiger partial charge in [-0.25, -0.2) is 9.97 Å². The van der Waals surface area contributed by atoms with E-state index in [-0.39, 0.29) is 0 Å². The van der Waals surface area contributed by atoms with Crippen LogP contribution in [0.3, 0.4) is 0 Å². The fourth-order valence-corrected chi connectivity index (χ4v) is 2.33. The molecule has 3 rings (SSSR count). The third kappa shape index (κ3) is 2.36. The van der Waals surface area contributed by atoms with Gasteiger partial charge in [0, 0.05) is 24.4 Å². The number of halogens is 1. The average Bonchev–Trinajstić information content (AvgIpc) is 2.46. The Morgan fingerprint density at radius 1 is 1.15 bits per heavy atom. The van der Waals surface area contributed by atoms with E-state index in [1.807, 2.05) is 26.1 Å². The molecule has 0 saturated carbocycles. The Morgan fingerprint density at radius 3 is 2.75 bits per heavy atom. The first-order valence-electron chi connectivity index (χ1n) is 6.30. The molecule has 1 N–H and O–H groups in total. The fraction of sp³-hybridized carbons (Fsp3) is 0.286. The van der Waals surface area contributed by atoms with Gasteiger partial charge in [0.1, 0.15) is 19.0 Å². The zero-order valence-electron chi connectivity index (χ0n) is 11.2. The van der Waals surface area contributed by atoms with Crippen molar-refractivity contribution in [2.45, 2.75) is 6.92 Å². The summed E-state index contributed by atoms with van der Waals surface area (Å²) in [4.78, 5) is 8.87. The second-order valence-electron chi connectivity index (χ2n) is 4.45. The standard InChI is InChI=1S/C14H14ClN3O2/c1-8-5-12(16-2)18-14(17-8)9-6-10(15)13-11(7-9)19-3-4-20-13/h5-7H,3-4H2,1-2H3,(H,16,17,18). The first-order valence-corrected chi connectivity index (χ1v) is 6.68. The number of hydrogen-bond acceptors (Lipinski definition) is 5. The first-order chi connectivity index (χ1) is 9.67. The van der Waals surface area contributed by atoms with Crippen molar-refractivity contribution < 1.29 is 9.47 Å². The van der Waals surface area contributed by atoms with Crippen molar-refractivity contribution in [3.05, 3.63) is 28.9 Å². The van der Waals surface area contributed by atoms with Crippen molar-refractivity contribution in [3.8, 4) is 22.9 Å². The average molecular weight is 292 g/mol. The Kier molecular flexibility index (Phi) is 3.36. The molecule has 0 fully saturated rings. The van der Waals surface area contributed by atoms with Gasteiger partial charge in [-0.3, -0.25) is 0 Å². The SMILES string of the molecule is CNc1cc(C)nc(-c2cc(Cl)c3c(c2)OCCO3)n1. The summed E-state index contributed by atoms with van der Waals surface area (Å²) in [5.41, 5.74) is 1.69. The van der Waals surface area contributed by atoms with E-state index in [2.05, 4.69) is 15.3 Å². The van der Waals surface area contributed by atoms with E-state index >= 15 is 0 Å². The number of benzene rings is 1. The predicted octanol–water partition coefficient (Wildman–Crippen LogP) is 2.92. The lowest BCUT2D eigenvalue weighted by Gasteiger charge is -2.20. The third-order valence-corrected chi connectivity index (χ3v) is 3.25. The molecule has 6 heteroatoms. The van der Waals surface area contributed by atoms with Crippen LogP contribution in [0.2, 0.25) is 5.02 Å². The summed E-state index contributed by atoms with van der Waals surface area (Å²) in [5, 5.41) is 3.52. The molecule has 0 spiro atoms. The van der Waals surface area contributed by atoms with E-state index in [0.717, 1.165) is 17.1 Å². The van der Waals surface area contributed by atoms with E-state index in [0.29, 0.717) is 35.6 Å². The van der Waals surface area contributed by atoms with Crippen LogP contribution in [0.5, 0.6) is 11.5 Å². The highest BCUT2D eigenvalue weighted by Gasteiger charge is 2.18. The minimum Gasteiger partial charge on any atom is -0.486 e. The normalized spacial score (nSPS) is 13.2. The minimum absolute atomic E-state index is 0.508. The third-order valence-electron chi connectivity index (χ3n) is 2.97. The Labute approximate surface area is 121 Å².